The minimum atomic E-state index is -0.278. The van der Waals surface area contributed by atoms with E-state index in [0.717, 1.165) is 33.8 Å². The van der Waals surface area contributed by atoms with Gasteiger partial charge in [-0.05, 0) is 32.4 Å². The lowest BCUT2D eigenvalue weighted by molar-refractivity contribution is -0.125. The van der Waals surface area contributed by atoms with Crippen LogP contribution < -0.4 is 10.2 Å². The molecule has 1 aliphatic rings. The Morgan fingerprint density at radius 3 is 2.46 bits per heavy atom. The van der Waals surface area contributed by atoms with Gasteiger partial charge in [0.05, 0.1) is 43.3 Å². The number of hydrogen-bond acceptors (Lipinski definition) is 6. The summed E-state index contributed by atoms with van der Waals surface area (Å²) in [6, 6.07) is 15.8. The van der Waals surface area contributed by atoms with Crippen LogP contribution in [-0.2, 0) is 31.1 Å². The molecule has 0 saturated carbocycles. The van der Waals surface area contributed by atoms with E-state index in [9.17, 15) is 9.59 Å². The Labute approximate surface area is 217 Å². The maximum Gasteiger partial charge on any atom is 0.227 e. The molecule has 3 aromatic rings. The lowest BCUT2D eigenvalue weighted by Gasteiger charge is -2.30. The van der Waals surface area contributed by atoms with Gasteiger partial charge in [0.1, 0.15) is 5.69 Å². The summed E-state index contributed by atoms with van der Waals surface area (Å²) in [6.07, 6.45) is 0.192. The Hall–Kier alpha value is -3.56. The summed E-state index contributed by atoms with van der Waals surface area (Å²) in [5.41, 5.74) is 4.99. The summed E-state index contributed by atoms with van der Waals surface area (Å²) in [7, 11) is 1.61. The van der Waals surface area contributed by atoms with E-state index in [1.807, 2.05) is 47.1 Å². The van der Waals surface area contributed by atoms with E-state index in [1.54, 1.807) is 12.0 Å². The van der Waals surface area contributed by atoms with E-state index in [-0.39, 0.29) is 30.2 Å². The van der Waals surface area contributed by atoms with E-state index >= 15 is 0 Å². The summed E-state index contributed by atoms with van der Waals surface area (Å²) >= 11 is 0. The number of para-hydroxylation sites is 1. The summed E-state index contributed by atoms with van der Waals surface area (Å²) in [5, 5.41) is 11.9. The second kappa shape index (κ2) is 11.7. The molecule has 0 radical (unpaired) electrons. The number of amides is 2. The first kappa shape index (κ1) is 26.5. The average molecular weight is 506 g/mol. The second-order valence-electron chi connectivity index (χ2n) is 9.98. The number of aromatic nitrogens is 3. The van der Waals surface area contributed by atoms with Gasteiger partial charge in [0, 0.05) is 37.6 Å². The zero-order valence-corrected chi connectivity index (χ0v) is 22.0. The number of nitrogens with zero attached hydrogens (tertiary/aromatic N) is 4. The average Bonchev–Trinajstić information content (AvgIpc) is 3.32. The van der Waals surface area contributed by atoms with E-state index < -0.39 is 0 Å². The molecular formula is C28H35N5O4. The van der Waals surface area contributed by atoms with E-state index in [1.165, 1.54) is 0 Å². The molecule has 1 aliphatic heterocycles. The number of benzene rings is 2. The second-order valence-corrected chi connectivity index (χ2v) is 9.98. The van der Waals surface area contributed by atoms with Crippen molar-refractivity contribution >= 4 is 17.5 Å². The number of anilines is 1. The first-order valence-electron chi connectivity index (χ1n) is 12.6. The third-order valence-electron chi connectivity index (χ3n) is 6.22. The van der Waals surface area contributed by atoms with Crippen molar-refractivity contribution < 1.29 is 19.1 Å². The van der Waals surface area contributed by atoms with E-state index in [0.29, 0.717) is 32.9 Å². The van der Waals surface area contributed by atoms with Crippen LogP contribution in [0.25, 0.3) is 22.5 Å². The Morgan fingerprint density at radius 2 is 1.70 bits per heavy atom. The van der Waals surface area contributed by atoms with Crippen molar-refractivity contribution in [2.45, 2.75) is 45.7 Å². The molecule has 2 amide bonds. The van der Waals surface area contributed by atoms with Gasteiger partial charge < -0.3 is 19.7 Å². The maximum absolute atomic E-state index is 13.5. The summed E-state index contributed by atoms with van der Waals surface area (Å²) in [6.45, 7) is 8.46. The summed E-state index contributed by atoms with van der Waals surface area (Å²) < 4.78 is 12.3. The Morgan fingerprint density at radius 1 is 0.973 bits per heavy atom. The number of nitrogens with one attached hydrogen (secondary N) is 1. The fourth-order valence-corrected chi connectivity index (χ4v) is 4.40. The first-order valence-corrected chi connectivity index (χ1v) is 12.6. The molecule has 1 N–H and O–H groups in total. The third kappa shape index (κ3) is 6.06. The lowest BCUT2D eigenvalue weighted by atomic mass is 9.94. The highest BCUT2D eigenvalue weighted by Crippen LogP contribution is 2.42. The van der Waals surface area contributed by atoms with Crippen LogP contribution in [0, 0.1) is 0 Å². The van der Waals surface area contributed by atoms with Crippen molar-refractivity contribution in [1.29, 1.82) is 0 Å². The Bertz CT molecular complexity index is 1250. The topological polar surface area (TPSA) is 98.6 Å². The van der Waals surface area contributed by atoms with Gasteiger partial charge >= 0.3 is 0 Å². The van der Waals surface area contributed by atoms with Crippen molar-refractivity contribution in [1.82, 2.24) is 20.3 Å². The number of carbonyl (C=O) groups excluding carboxylic acids is 2. The largest absolute Gasteiger partial charge is 0.382 e. The molecule has 2 aromatic carbocycles. The van der Waals surface area contributed by atoms with Crippen LogP contribution in [0.1, 0.15) is 39.2 Å². The SMILES string of the molecule is COCCOCCNC(=O)CCC(=O)N1Cc2ccccc2-c2c(nnn2C(C)(C)C)-c2ccccc21. The molecule has 0 aliphatic carbocycles. The van der Waals surface area contributed by atoms with Crippen molar-refractivity contribution in [2.24, 2.45) is 0 Å². The van der Waals surface area contributed by atoms with Crippen LogP contribution >= 0.6 is 0 Å². The fraction of sp³-hybridized carbons (Fsp3) is 0.429. The van der Waals surface area contributed by atoms with Crippen molar-refractivity contribution in [3.63, 3.8) is 0 Å². The monoisotopic (exact) mass is 505 g/mol. The number of ether oxygens (including phenoxy) is 2. The minimum absolute atomic E-state index is 0.0917. The normalized spacial score (nSPS) is 12.7. The number of hydrogen-bond donors (Lipinski definition) is 1. The van der Waals surface area contributed by atoms with Gasteiger partial charge in [0.25, 0.3) is 0 Å². The van der Waals surface area contributed by atoms with Crippen molar-refractivity contribution in [3.8, 4) is 22.5 Å². The van der Waals surface area contributed by atoms with Gasteiger partial charge in [-0.3, -0.25) is 9.59 Å². The fourth-order valence-electron chi connectivity index (χ4n) is 4.40. The first-order chi connectivity index (χ1) is 17.8. The molecule has 0 spiro atoms. The van der Waals surface area contributed by atoms with Gasteiger partial charge in [0.2, 0.25) is 11.8 Å². The Balaban J connectivity index is 1.58. The molecule has 0 unspecified atom stereocenters. The van der Waals surface area contributed by atoms with Crippen LogP contribution in [0.15, 0.2) is 48.5 Å². The molecule has 0 bridgehead atoms. The maximum atomic E-state index is 13.5. The van der Waals surface area contributed by atoms with Crippen molar-refractivity contribution in [3.05, 3.63) is 54.1 Å². The standard InChI is InChI=1S/C28H35N5O4/c1-28(2,3)33-27-21-10-6-5-9-20(21)19-32(23-12-8-7-11-22(23)26(27)30-31-33)25(35)14-13-24(34)29-15-16-37-18-17-36-4/h5-12H,13-19H2,1-4H3,(H,29,34). The van der Waals surface area contributed by atoms with Gasteiger partial charge in [-0.2, -0.15) is 0 Å². The molecule has 2 heterocycles. The zero-order chi connectivity index (χ0) is 26.4. The van der Waals surface area contributed by atoms with Crippen LogP contribution in [0.2, 0.25) is 0 Å². The van der Waals surface area contributed by atoms with Gasteiger partial charge in [-0.25, -0.2) is 4.68 Å². The lowest BCUT2D eigenvalue weighted by Crippen LogP contribution is -2.34. The van der Waals surface area contributed by atoms with E-state index in [2.05, 4.69) is 42.5 Å². The molecule has 196 valence electrons. The van der Waals surface area contributed by atoms with Gasteiger partial charge in [0.15, 0.2) is 0 Å². The highest BCUT2D eigenvalue weighted by Gasteiger charge is 2.31. The molecule has 9 nitrogen and oxygen atoms in total. The molecular weight excluding hydrogens is 470 g/mol. The van der Waals surface area contributed by atoms with Crippen LogP contribution in [0.3, 0.4) is 0 Å². The predicted molar refractivity (Wildman–Crippen MR) is 142 cm³/mol. The Kier molecular flexibility index (Phi) is 8.35. The molecule has 9 heteroatoms. The molecule has 0 fully saturated rings. The molecule has 4 rings (SSSR count). The molecule has 1 aromatic heterocycles. The highest BCUT2D eigenvalue weighted by molar-refractivity contribution is 6.01. The van der Waals surface area contributed by atoms with Crippen LogP contribution in [-0.4, -0.2) is 60.3 Å². The molecule has 0 saturated heterocycles. The predicted octanol–water partition coefficient (Wildman–Crippen LogP) is 3.77. The van der Waals surface area contributed by atoms with Crippen molar-refractivity contribution in [2.75, 3.05) is 38.4 Å². The number of rotatable bonds is 9. The summed E-state index contributed by atoms with van der Waals surface area (Å²) in [5.74, 6) is -0.305. The van der Waals surface area contributed by atoms with Crippen LogP contribution in [0.4, 0.5) is 5.69 Å². The quantitative estimate of drug-likeness (QED) is 0.445. The number of methoxy groups -OCH3 is 1. The number of fused-ring (bicyclic) bond motifs is 5. The zero-order valence-electron chi connectivity index (χ0n) is 22.0. The van der Waals surface area contributed by atoms with E-state index in [4.69, 9.17) is 9.47 Å². The van der Waals surface area contributed by atoms with Gasteiger partial charge in [-0.15, -0.1) is 5.10 Å². The molecule has 37 heavy (non-hydrogen) atoms. The molecule has 0 atom stereocenters. The minimum Gasteiger partial charge on any atom is -0.382 e. The van der Waals surface area contributed by atoms with Gasteiger partial charge in [-0.1, -0.05) is 47.7 Å². The van der Waals surface area contributed by atoms with Crippen LogP contribution in [0.5, 0.6) is 0 Å². The number of carbonyl (C=O) groups is 2. The summed E-state index contributed by atoms with van der Waals surface area (Å²) in [4.78, 5) is 27.7. The highest BCUT2D eigenvalue weighted by atomic mass is 16.5. The third-order valence-corrected chi connectivity index (χ3v) is 6.22. The smallest absolute Gasteiger partial charge is 0.227 e.